The van der Waals surface area contributed by atoms with Crippen LogP contribution in [0.5, 0.6) is 0 Å². The predicted molar refractivity (Wildman–Crippen MR) is 102 cm³/mol. The Morgan fingerprint density at radius 3 is 2.25 bits per heavy atom. The van der Waals surface area contributed by atoms with Gasteiger partial charge in [0, 0.05) is 24.5 Å². The summed E-state index contributed by atoms with van der Waals surface area (Å²) in [4.78, 5) is 0.0141. The lowest BCUT2D eigenvalue weighted by atomic mass is 10.3. The topological polar surface area (TPSA) is 136 Å². The van der Waals surface area contributed by atoms with Gasteiger partial charge in [0.25, 0.3) is 20.0 Å². The number of nitrogens with zero attached hydrogens (tertiary/aromatic N) is 3. The summed E-state index contributed by atoms with van der Waals surface area (Å²) in [6.07, 6.45) is 1.44. The van der Waals surface area contributed by atoms with E-state index in [1.54, 1.807) is 13.8 Å². The first-order valence-corrected chi connectivity index (χ1v) is 11.2. The van der Waals surface area contributed by atoms with Crippen LogP contribution in [0.4, 0.5) is 11.5 Å². The van der Waals surface area contributed by atoms with E-state index in [0.717, 1.165) is 0 Å². The molecule has 0 spiro atoms. The van der Waals surface area contributed by atoms with Gasteiger partial charge in [-0.25, -0.2) is 16.8 Å². The summed E-state index contributed by atoms with van der Waals surface area (Å²) in [7, 11) is -7.73. The predicted octanol–water partition coefficient (Wildman–Crippen LogP) is 2.11. The maximum absolute atomic E-state index is 12.6. The Bertz CT molecular complexity index is 1190. The van der Waals surface area contributed by atoms with Crippen LogP contribution in [-0.2, 0) is 26.6 Å². The Balaban J connectivity index is 1.79. The molecule has 0 radical (unpaired) electrons. The smallest absolute Gasteiger partial charge is 0.265 e. The van der Waals surface area contributed by atoms with Crippen LogP contribution in [0.3, 0.4) is 0 Å². The third kappa shape index (κ3) is 4.17. The van der Waals surface area contributed by atoms with Gasteiger partial charge in [-0.15, -0.1) is 0 Å². The van der Waals surface area contributed by atoms with Crippen molar-refractivity contribution in [3.63, 3.8) is 0 Å². The van der Waals surface area contributed by atoms with Crippen LogP contribution < -0.4 is 9.44 Å². The van der Waals surface area contributed by atoms with Gasteiger partial charge in [0.15, 0.2) is 5.82 Å². The van der Waals surface area contributed by atoms with E-state index in [4.69, 9.17) is 4.52 Å². The average Bonchev–Trinajstić information content (AvgIpc) is 3.20. The van der Waals surface area contributed by atoms with Gasteiger partial charge in [0.05, 0.1) is 10.6 Å². The number of anilines is 2. The first kappa shape index (κ1) is 19.9. The Kier molecular flexibility index (Phi) is 5.17. The largest absolute Gasteiger partial charge is 0.360 e. The lowest BCUT2D eigenvalue weighted by Gasteiger charge is -2.09. The molecule has 0 amide bonds. The van der Waals surface area contributed by atoms with E-state index in [-0.39, 0.29) is 21.3 Å². The van der Waals surface area contributed by atoms with Gasteiger partial charge in [-0.05, 0) is 45.0 Å². The van der Waals surface area contributed by atoms with Crippen molar-refractivity contribution in [2.45, 2.75) is 37.1 Å². The third-order valence-corrected chi connectivity index (χ3v) is 6.65. The molecule has 0 saturated heterocycles. The highest BCUT2D eigenvalue weighted by Crippen LogP contribution is 2.21. The van der Waals surface area contributed by atoms with E-state index >= 15 is 0 Å². The summed E-state index contributed by atoms with van der Waals surface area (Å²) in [6.45, 7) is 5.64. The van der Waals surface area contributed by atoms with Gasteiger partial charge in [0.1, 0.15) is 10.7 Å². The number of sulfonamides is 2. The molecule has 0 aliphatic heterocycles. The summed E-state index contributed by atoms with van der Waals surface area (Å²) in [5, 5.41) is 7.70. The molecule has 2 heterocycles. The van der Waals surface area contributed by atoms with Crippen molar-refractivity contribution in [2.75, 3.05) is 9.44 Å². The van der Waals surface area contributed by atoms with Crippen molar-refractivity contribution in [1.82, 2.24) is 14.9 Å². The zero-order chi connectivity index (χ0) is 20.5. The maximum atomic E-state index is 12.6. The fourth-order valence-corrected chi connectivity index (χ4v) is 4.68. The monoisotopic (exact) mass is 425 g/mol. The number of hydrogen-bond donors (Lipinski definition) is 2. The zero-order valence-corrected chi connectivity index (χ0v) is 17.0. The van der Waals surface area contributed by atoms with Gasteiger partial charge in [0.2, 0.25) is 0 Å². The van der Waals surface area contributed by atoms with Gasteiger partial charge < -0.3 is 4.52 Å². The van der Waals surface area contributed by atoms with Gasteiger partial charge in [-0.1, -0.05) is 5.16 Å². The molecule has 0 bridgehead atoms. The molecule has 0 unspecified atom stereocenters. The molecule has 12 heteroatoms. The Morgan fingerprint density at radius 1 is 1.04 bits per heavy atom. The van der Waals surface area contributed by atoms with Crippen LogP contribution in [0.25, 0.3) is 0 Å². The van der Waals surface area contributed by atoms with Crippen LogP contribution in [0.2, 0.25) is 0 Å². The molecule has 150 valence electrons. The van der Waals surface area contributed by atoms with Crippen LogP contribution >= 0.6 is 0 Å². The second-order valence-electron chi connectivity index (χ2n) is 5.99. The highest BCUT2D eigenvalue weighted by Gasteiger charge is 2.21. The van der Waals surface area contributed by atoms with Gasteiger partial charge in [-0.2, -0.15) is 5.10 Å². The van der Waals surface area contributed by atoms with E-state index in [9.17, 15) is 16.8 Å². The van der Waals surface area contributed by atoms with Crippen LogP contribution in [-0.4, -0.2) is 31.8 Å². The van der Waals surface area contributed by atoms with Crippen molar-refractivity contribution < 1.29 is 21.4 Å². The fraction of sp³-hybridized carbons (Fsp3) is 0.250. The minimum absolute atomic E-state index is 0.0499. The quantitative estimate of drug-likeness (QED) is 0.591. The minimum atomic E-state index is -3.88. The van der Waals surface area contributed by atoms with E-state index < -0.39 is 20.0 Å². The van der Waals surface area contributed by atoms with E-state index in [1.807, 2.05) is 6.92 Å². The van der Waals surface area contributed by atoms with Crippen LogP contribution in [0, 0.1) is 13.8 Å². The van der Waals surface area contributed by atoms with Crippen LogP contribution in [0.1, 0.15) is 18.4 Å². The molecule has 2 aromatic heterocycles. The Morgan fingerprint density at radius 2 is 1.71 bits per heavy atom. The van der Waals surface area contributed by atoms with Crippen molar-refractivity contribution >= 4 is 31.6 Å². The van der Waals surface area contributed by atoms with Crippen LogP contribution in [0.15, 0.2) is 50.8 Å². The molecular weight excluding hydrogens is 406 g/mol. The average molecular weight is 425 g/mol. The highest BCUT2D eigenvalue weighted by atomic mass is 32.2. The lowest BCUT2D eigenvalue weighted by molar-refractivity contribution is 0.400. The minimum Gasteiger partial charge on any atom is -0.360 e. The summed E-state index contributed by atoms with van der Waals surface area (Å²) in [5.41, 5.74) is 0.598. The second kappa shape index (κ2) is 7.28. The molecule has 0 aliphatic carbocycles. The zero-order valence-electron chi connectivity index (χ0n) is 15.4. The maximum Gasteiger partial charge on any atom is 0.265 e. The number of rotatable bonds is 7. The standard InChI is InChI=1S/C16H19N5O5S2/c1-4-21-10-15(12(3)17-21)28(24,25)19-13-5-7-14(8-6-13)27(22,23)20-16-9-11(2)26-18-16/h5-10,19H,4H2,1-3H3,(H,18,20). The molecule has 3 rings (SSSR count). The number of hydrogen-bond acceptors (Lipinski definition) is 7. The van der Waals surface area contributed by atoms with E-state index in [0.29, 0.717) is 18.0 Å². The van der Waals surface area contributed by atoms with E-state index in [1.165, 1.54) is 41.2 Å². The molecule has 0 aliphatic rings. The van der Waals surface area contributed by atoms with Gasteiger partial charge >= 0.3 is 0 Å². The second-order valence-corrected chi connectivity index (χ2v) is 9.33. The SMILES string of the molecule is CCn1cc(S(=O)(=O)Nc2ccc(S(=O)(=O)Nc3cc(C)on3)cc2)c(C)n1. The molecule has 10 nitrogen and oxygen atoms in total. The molecule has 0 atom stereocenters. The Labute approximate surface area is 162 Å². The summed E-state index contributed by atoms with van der Waals surface area (Å²) in [5.74, 6) is 0.523. The van der Waals surface area contributed by atoms with Crippen molar-refractivity contribution in [2.24, 2.45) is 0 Å². The molecule has 0 saturated carbocycles. The number of aromatic nitrogens is 3. The van der Waals surface area contributed by atoms with Crippen molar-refractivity contribution in [3.8, 4) is 0 Å². The normalized spacial score (nSPS) is 12.1. The summed E-state index contributed by atoms with van der Waals surface area (Å²) in [6, 6.07) is 6.74. The summed E-state index contributed by atoms with van der Waals surface area (Å²) >= 11 is 0. The molecule has 0 fully saturated rings. The van der Waals surface area contributed by atoms with Crippen molar-refractivity contribution in [1.29, 1.82) is 0 Å². The Hall–Kier alpha value is -2.86. The fourth-order valence-electron chi connectivity index (χ4n) is 2.45. The molecular formula is C16H19N5O5S2. The number of nitrogens with one attached hydrogen (secondary N) is 2. The first-order chi connectivity index (χ1) is 13.1. The molecule has 1 aromatic carbocycles. The lowest BCUT2D eigenvalue weighted by Crippen LogP contribution is -2.15. The number of aryl methyl sites for hydroxylation is 3. The molecule has 3 aromatic rings. The molecule has 28 heavy (non-hydrogen) atoms. The van der Waals surface area contributed by atoms with Gasteiger partial charge in [-0.3, -0.25) is 14.1 Å². The molecule has 2 N–H and O–H groups in total. The highest BCUT2D eigenvalue weighted by molar-refractivity contribution is 7.93. The van der Waals surface area contributed by atoms with E-state index in [2.05, 4.69) is 19.7 Å². The third-order valence-electron chi connectivity index (χ3n) is 3.80. The summed E-state index contributed by atoms with van der Waals surface area (Å²) < 4.78 is 60.9. The van der Waals surface area contributed by atoms with Crippen molar-refractivity contribution in [3.05, 3.63) is 48.0 Å². The number of benzene rings is 1. The first-order valence-electron chi connectivity index (χ1n) is 8.24.